The largest absolute Gasteiger partial charge is 0.192 e. The summed E-state index contributed by atoms with van der Waals surface area (Å²) in [4.78, 5) is 7.17. The van der Waals surface area contributed by atoms with Crippen LogP contribution in [0.2, 0.25) is 0 Å². The Balaban J connectivity index is 1.89. The van der Waals surface area contributed by atoms with E-state index in [-0.39, 0.29) is 5.57 Å². The van der Waals surface area contributed by atoms with Crippen LogP contribution >= 0.6 is 34.0 Å². The third-order valence-corrected chi connectivity index (χ3v) is 6.50. The second kappa shape index (κ2) is 6.29. The number of nitrogens with zero attached hydrogens (tertiary/aromatic N) is 2. The average molecular weight is 338 g/mol. The first-order valence-corrected chi connectivity index (χ1v) is 8.93. The Labute approximate surface area is 140 Å². The van der Waals surface area contributed by atoms with Crippen LogP contribution < -0.4 is 0 Å². The van der Waals surface area contributed by atoms with Crippen molar-refractivity contribution < 1.29 is 0 Å². The fourth-order valence-electron chi connectivity index (χ4n) is 1.96. The van der Waals surface area contributed by atoms with Crippen LogP contribution in [0.1, 0.15) is 9.75 Å². The normalized spacial score (nSPS) is 9.95. The van der Waals surface area contributed by atoms with Gasteiger partial charge in [-0.15, -0.1) is 34.0 Å². The molecule has 3 aromatic rings. The lowest BCUT2D eigenvalue weighted by Crippen LogP contribution is -1.68. The molecule has 22 heavy (non-hydrogen) atoms. The van der Waals surface area contributed by atoms with Gasteiger partial charge in [-0.1, -0.05) is 0 Å². The predicted octanol–water partition coefficient (Wildman–Crippen LogP) is 5.94. The molecule has 0 aromatic carbocycles. The topological polar surface area (TPSA) is 47.6 Å². The van der Waals surface area contributed by atoms with Crippen LogP contribution in [0.3, 0.4) is 0 Å². The molecule has 0 saturated carbocycles. The van der Waals surface area contributed by atoms with E-state index >= 15 is 0 Å². The summed E-state index contributed by atoms with van der Waals surface area (Å²) in [5, 5.41) is 17.6. The summed E-state index contributed by atoms with van der Waals surface area (Å²) in [7, 11) is 0. The quantitative estimate of drug-likeness (QED) is 0.554. The summed E-state index contributed by atoms with van der Waals surface area (Å²) in [5.74, 6) is 0. The molecule has 0 aliphatic heterocycles. The molecular weight excluding hydrogens is 328 g/mol. The molecule has 0 radical (unpaired) electrons. The lowest BCUT2D eigenvalue weighted by molar-refractivity contribution is 1.47. The van der Waals surface area contributed by atoms with Crippen LogP contribution in [0.4, 0.5) is 0 Å². The third-order valence-electron chi connectivity index (χ3n) is 2.99. The van der Waals surface area contributed by atoms with Crippen LogP contribution in [0.25, 0.3) is 25.6 Å². The number of thiophene rings is 3. The van der Waals surface area contributed by atoms with Gasteiger partial charge in [0.2, 0.25) is 0 Å². The van der Waals surface area contributed by atoms with Crippen LogP contribution in [0.15, 0.2) is 42.0 Å². The van der Waals surface area contributed by atoms with Crippen molar-refractivity contribution in [3.05, 3.63) is 51.7 Å². The van der Waals surface area contributed by atoms with Gasteiger partial charge in [0, 0.05) is 29.3 Å². The number of hydrogen-bond donors (Lipinski definition) is 0. The van der Waals surface area contributed by atoms with Gasteiger partial charge in [-0.05, 0) is 49.4 Å². The van der Waals surface area contributed by atoms with E-state index in [1.165, 1.54) is 19.5 Å². The highest BCUT2D eigenvalue weighted by atomic mass is 32.1. The third kappa shape index (κ3) is 3.03. The lowest BCUT2D eigenvalue weighted by atomic mass is 10.3. The van der Waals surface area contributed by atoms with Crippen LogP contribution in [0.5, 0.6) is 0 Å². The summed E-state index contributed by atoms with van der Waals surface area (Å²) >= 11 is 5.16. The molecular formula is C17H10N2S3. The minimum absolute atomic E-state index is 0.134. The van der Waals surface area contributed by atoms with Gasteiger partial charge >= 0.3 is 0 Å². The molecule has 0 saturated heterocycles. The summed E-state index contributed by atoms with van der Waals surface area (Å²) in [6.45, 7) is 2.11. The molecule has 3 heterocycles. The first kappa shape index (κ1) is 14.7. The fourth-order valence-corrected chi connectivity index (χ4v) is 4.97. The van der Waals surface area contributed by atoms with Gasteiger partial charge < -0.3 is 0 Å². The van der Waals surface area contributed by atoms with Crippen molar-refractivity contribution in [2.45, 2.75) is 6.92 Å². The standard InChI is InChI=1S/C17H10N2S3/c1-11-2-4-14(20-11)16-6-7-17(22-16)15-5-3-13(21-15)8-12(9-18)10-19/h2-8H,1H3. The smallest absolute Gasteiger partial charge is 0.131 e. The number of nitriles is 2. The van der Waals surface area contributed by atoms with E-state index in [9.17, 15) is 0 Å². The van der Waals surface area contributed by atoms with Crippen molar-refractivity contribution in [3.63, 3.8) is 0 Å². The zero-order valence-electron chi connectivity index (χ0n) is 11.7. The molecule has 5 heteroatoms. The van der Waals surface area contributed by atoms with E-state index in [2.05, 4.69) is 31.2 Å². The highest BCUT2D eigenvalue weighted by Gasteiger charge is 2.08. The fraction of sp³-hybridized carbons (Fsp3) is 0.0588. The van der Waals surface area contributed by atoms with Crippen molar-refractivity contribution in [1.82, 2.24) is 0 Å². The molecule has 0 amide bonds. The summed E-state index contributed by atoms with van der Waals surface area (Å²) in [6, 6.07) is 16.3. The van der Waals surface area contributed by atoms with Crippen molar-refractivity contribution >= 4 is 40.1 Å². The van der Waals surface area contributed by atoms with E-state index in [1.807, 2.05) is 24.3 Å². The van der Waals surface area contributed by atoms with E-state index in [4.69, 9.17) is 10.5 Å². The molecule has 0 aliphatic carbocycles. The zero-order valence-corrected chi connectivity index (χ0v) is 14.1. The zero-order chi connectivity index (χ0) is 15.5. The number of aryl methyl sites for hydroxylation is 1. The van der Waals surface area contributed by atoms with Crippen LogP contribution in [-0.2, 0) is 0 Å². The van der Waals surface area contributed by atoms with Gasteiger partial charge in [-0.25, -0.2) is 0 Å². The lowest BCUT2D eigenvalue weighted by Gasteiger charge is -1.90. The Morgan fingerprint density at radius 1 is 0.818 bits per heavy atom. The molecule has 3 aromatic heterocycles. The van der Waals surface area contributed by atoms with E-state index in [0.29, 0.717) is 0 Å². The number of allylic oxidation sites excluding steroid dienone is 1. The summed E-state index contributed by atoms with van der Waals surface area (Å²) < 4.78 is 0. The van der Waals surface area contributed by atoms with E-state index < -0.39 is 0 Å². The number of rotatable bonds is 3. The molecule has 0 N–H and O–H groups in total. The first-order chi connectivity index (χ1) is 10.7. The van der Waals surface area contributed by atoms with Gasteiger partial charge in [0.1, 0.15) is 17.7 Å². The second-order valence-corrected chi connectivity index (χ2v) is 8.04. The molecule has 0 atom stereocenters. The maximum absolute atomic E-state index is 8.81. The Bertz CT molecular complexity index is 910. The van der Waals surface area contributed by atoms with Crippen molar-refractivity contribution in [2.75, 3.05) is 0 Å². The molecule has 0 unspecified atom stereocenters. The highest BCUT2D eigenvalue weighted by Crippen LogP contribution is 2.40. The molecule has 0 fully saturated rings. The molecule has 3 rings (SSSR count). The Hall–Kier alpha value is -2.18. The average Bonchev–Trinajstić information content (AvgIpc) is 3.24. The van der Waals surface area contributed by atoms with E-state index in [1.54, 1.807) is 40.1 Å². The molecule has 0 spiro atoms. The van der Waals surface area contributed by atoms with E-state index in [0.717, 1.165) is 9.75 Å². The highest BCUT2D eigenvalue weighted by molar-refractivity contribution is 7.26. The Morgan fingerprint density at radius 3 is 1.95 bits per heavy atom. The van der Waals surface area contributed by atoms with Crippen molar-refractivity contribution in [3.8, 4) is 31.6 Å². The van der Waals surface area contributed by atoms with Gasteiger partial charge in [0.15, 0.2) is 0 Å². The van der Waals surface area contributed by atoms with Crippen LogP contribution in [0, 0.1) is 29.6 Å². The van der Waals surface area contributed by atoms with Crippen molar-refractivity contribution in [2.24, 2.45) is 0 Å². The maximum Gasteiger partial charge on any atom is 0.131 e. The molecule has 0 aliphatic rings. The van der Waals surface area contributed by atoms with Crippen LogP contribution in [-0.4, -0.2) is 0 Å². The first-order valence-electron chi connectivity index (χ1n) is 6.48. The predicted molar refractivity (Wildman–Crippen MR) is 94.9 cm³/mol. The van der Waals surface area contributed by atoms with Gasteiger partial charge in [-0.2, -0.15) is 10.5 Å². The van der Waals surface area contributed by atoms with Gasteiger partial charge in [-0.3, -0.25) is 0 Å². The minimum Gasteiger partial charge on any atom is -0.192 e. The summed E-state index contributed by atoms with van der Waals surface area (Å²) in [6.07, 6.45) is 1.63. The Morgan fingerprint density at radius 2 is 1.36 bits per heavy atom. The van der Waals surface area contributed by atoms with Gasteiger partial charge in [0.25, 0.3) is 0 Å². The number of hydrogen-bond acceptors (Lipinski definition) is 5. The molecule has 0 bridgehead atoms. The summed E-state index contributed by atoms with van der Waals surface area (Å²) in [5.41, 5.74) is 0.134. The molecule has 2 nitrogen and oxygen atoms in total. The maximum atomic E-state index is 8.81. The monoisotopic (exact) mass is 338 g/mol. The molecule has 106 valence electrons. The Kier molecular flexibility index (Phi) is 4.22. The van der Waals surface area contributed by atoms with Crippen molar-refractivity contribution in [1.29, 1.82) is 10.5 Å². The minimum atomic E-state index is 0.134. The van der Waals surface area contributed by atoms with Gasteiger partial charge in [0.05, 0.1) is 0 Å². The second-order valence-electron chi connectivity index (χ2n) is 4.56. The SMILES string of the molecule is Cc1ccc(-c2ccc(-c3ccc(C=C(C#N)C#N)s3)s2)s1.